The van der Waals surface area contributed by atoms with Crippen molar-refractivity contribution in [3.63, 3.8) is 0 Å². The van der Waals surface area contributed by atoms with E-state index in [-0.39, 0.29) is 12.6 Å². The van der Waals surface area contributed by atoms with Crippen LogP contribution in [0.25, 0.3) is 0 Å². The third-order valence-corrected chi connectivity index (χ3v) is 3.52. The molecular formula is C14H19Cl2F2NO. The number of halogens is 4. The van der Waals surface area contributed by atoms with Crippen LogP contribution in [-0.2, 0) is 4.74 Å². The van der Waals surface area contributed by atoms with E-state index in [2.05, 4.69) is 12.2 Å². The van der Waals surface area contributed by atoms with Crippen LogP contribution in [0.3, 0.4) is 0 Å². The molecule has 0 aromatic heterocycles. The summed E-state index contributed by atoms with van der Waals surface area (Å²) < 4.78 is 29.0. The largest absolute Gasteiger partial charge is 0.375 e. The van der Waals surface area contributed by atoms with Gasteiger partial charge in [0.05, 0.1) is 10.0 Å². The maximum Gasteiger partial charge on any atom is 0.261 e. The summed E-state index contributed by atoms with van der Waals surface area (Å²) in [5.74, 6) is 0. The van der Waals surface area contributed by atoms with E-state index in [0.717, 1.165) is 18.5 Å². The van der Waals surface area contributed by atoms with Crippen molar-refractivity contribution in [1.29, 1.82) is 0 Å². The zero-order valence-electron chi connectivity index (χ0n) is 11.3. The van der Waals surface area contributed by atoms with E-state index in [1.54, 1.807) is 12.1 Å². The van der Waals surface area contributed by atoms with Gasteiger partial charge in [0.15, 0.2) is 0 Å². The van der Waals surface area contributed by atoms with Crippen LogP contribution >= 0.6 is 23.2 Å². The van der Waals surface area contributed by atoms with Gasteiger partial charge >= 0.3 is 0 Å². The highest BCUT2D eigenvalue weighted by Gasteiger charge is 2.13. The Hall–Kier alpha value is -0.420. The number of hydrogen-bond donors (Lipinski definition) is 1. The molecule has 0 aliphatic heterocycles. The molecule has 1 rings (SSSR count). The number of hydrogen-bond acceptors (Lipinski definition) is 2. The second-order valence-electron chi connectivity index (χ2n) is 4.43. The summed E-state index contributed by atoms with van der Waals surface area (Å²) in [5.41, 5.74) is 0.980. The van der Waals surface area contributed by atoms with E-state index in [0.29, 0.717) is 16.5 Å². The summed E-state index contributed by atoms with van der Waals surface area (Å²) in [6.45, 7) is 2.64. The van der Waals surface area contributed by atoms with E-state index < -0.39 is 13.0 Å². The number of nitrogens with one attached hydrogen (secondary N) is 1. The van der Waals surface area contributed by atoms with Gasteiger partial charge in [0, 0.05) is 12.6 Å². The molecule has 114 valence electrons. The van der Waals surface area contributed by atoms with Crippen molar-refractivity contribution in [2.75, 3.05) is 19.8 Å². The highest BCUT2D eigenvalue weighted by molar-refractivity contribution is 6.42. The fraction of sp³-hybridized carbons (Fsp3) is 0.571. The second kappa shape index (κ2) is 9.50. The highest BCUT2D eigenvalue weighted by Crippen LogP contribution is 2.27. The lowest BCUT2D eigenvalue weighted by atomic mass is 10.0. The van der Waals surface area contributed by atoms with Crippen LogP contribution in [0, 0.1) is 0 Å². The van der Waals surface area contributed by atoms with Gasteiger partial charge in [0.2, 0.25) is 0 Å². The smallest absolute Gasteiger partial charge is 0.261 e. The molecule has 1 unspecified atom stereocenters. The van der Waals surface area contributed by atoms with E-state index in [4.69, 9.17) is 27.9 Å². The van der Waals surface area contributed by atoms with Gasteiger partial charge < -0.3 is 10.1 Å². The summed E-state index contributed by atoms with van der Waals surface area (Å²) in [6, 6.07) is 5.43. The summed E-state index contributed by atoms with van der Waals surface area (Å²) in [6.07, 6.45) is -0.845. The van der Waals surface area contributed by atoms with Crippen molar-refractivity contribution >= 4 is 23.2 Å². The topological polar surface area (TPSA) is 21.3 Å². The first-order valence-corrected chi connectivity index (χ1v) is 7.34. The second-order valence-corrected chi connectivity index (χ2v) is 5.25. The third-order valence-electron chi connectivity index (χ3n) is 2.78. The molecule has 1 N–H and O–H groups in total. The Morgan fingerprint density at radius 1 is 1.25 bits per heavy atom. The van der Waals surface area contributed by atoms with Crippen molar-refractivity contribution < 1.29 is 13.5 Å². The quantitative estimate of drug-likeness (QED) is 0.664. The summed E-state index contributed by atoms with van der Waals surface area (Å²) in [7, 11) is 0. The highest BCUT2D eigenvalue weighted by atomic mass is 35.5. The van der Waals surface area contributed by atoms with Crippen LogP contribution < -0.4 is 5.32 Å². The molecule has 1 aromatic carbocycles. The minimum absolute atomic E-state index is 0.0161. The molecule has 0 radical (unpaired) electrons. The van der Waals surface area contributed by atoms with Crippen LogP contribution in [0.15, 0.2) is 18.2 Å². The Morgan fingerprint density at radius 2 is 2.00 bits per heavy atom. The molecule has 2 nitrogen and oxygen atoms in total. The molecule has 0 saturated heterocycles. The van der Waals surface area contributed by atoms with Crippen LogP contribution in [0.4, 0.5) is 8.78 Å². The van der Waals surface area contributed by atoms with Gasteiger partial charge in [0.25, 0.3) is 6.43 Å². The van der Waals surface area contributed by atoms with Crippen LogP contribution in [0.5, 0.6) is 0 Å². The predicted molar refractivity (Wildman–Crippen MR) is 78.9 cm³/mol. The molecular weight excluding hydrogens is 307 g/mol. The molecule has 0 amide bonds. The molecule has 20 heavy (non-hydrogen) atoms. The Bertz CT molecular complexity index is 405. The lowest BCUT2D eigenvalue weighted by molar-refractivity contribution is 0.0143. The number of rotatable bonds is 9. The molecule has 0 aliphatic carbocycles. The number of alkyl halides is 2. The van der Waals surface area contributed by atoms with Gasteiger partial charge in [0.1, 0.15) is 6.61 Å². The molecule has 0 saturated carbocycles. The molecule has 0 fully saturated rings. The summed E-state index contributed by atoms with van der Waals surface area (Å²) in [5, 5.41) is 4.34. The van der Waals surface area contributed by atoms with Gasteiger partial charge in [-0.15, -0.1) is 0 Å². The Kier molecular flexibility index (Phi) is 8.38. The Labute approximate surface area is 128 Å². The van der Waals surface area contributed by atoms with E-state index >= 15 is 0 Å². The molecule has 1 atom stereocenters. The zero-order valence-corrected chi connectivity index (χ0v) is 12.9. The molecule has 6 heteroatoms. The fourth-order valence-corrected chi connectivity index (χ4v) is 2.11. The molecule has 0 bridgehead atoms. The van der Waals surface area contributed by atoms with Gasteiger partial charge in [-0.3, -0.25) is 0 Å². The average molecular weight is 326 g/mol. The lowest BCUT2D eigenvalue weighted by Crippen LogP contribution is -2.24. The van der Waals surface area contributed by atoms with Gasteiger partial charge in [-0.25, -0.2) is 8.78 Å². The fourth-order valence-electron chi connectivity index (χ4n) is 1.81. The molecule has 0 aliphatic rings. The van der Waals surface area contributed by atoms with Crippen molar-refractivity contribution in [2.24, 2.45) is 0 Å². The standard InChI is InChI=1S/C14H19Cl2F2NO/c1-2-6-19-13(5-7-20-9-14(17)18)10-3-4-11(15)12(16)8-10/h3-4,8,13-14,19H,2,5-7,9H2,1H3. The predicted octanol–water partition coefficient (Wildman–Crippen LogP) is 4.71. The van der Waals surface area contributed by atoms with Crippen LogP contribution in [0.2, 0.25) is 10.0 Å². The normalized spacial score (nSPS) is 12.9. The first-order chi connectivity index (χ1) is 9.54. The van der Waals surface area contributed by atoms with Crippen LogP contribution in [0.1, 0.15) is 31.4 Å². The number of ether oxygens (including phenoxy) is 1. The van der Waals surface area contributed by atoms with E-state index in [1.165, 1.54) is 0 Å². The maximum absolute atomic E-state index is 12.0. The van der Waals surface area contributed by atoms with Crippen LogP contribution in [-0.4, -0.2) is 26.2 Å². The molecule has 0 spiro atoms. The van der Waals surface area contributed by atoms with Gasteiger partial charge in [-0.2, -0.15) is 0 Å². The molecule has 1 aromatic rings. The van der Waals surface area contributed by atoms with E-state index in [9.17, 15) is 8.78 Å². The van der Waals surface area contributed by atoms with Crippen molar-refractivity contribution in [1.82, 2.24) is 5.32 Å². The van der Waals surface area contributed by atoms with Crippen molar-refractivity contribution in [2.45, 2.75) is 32.2 Å². The molecule has 0 heterocycles. The van der Waals surface area contributed by atoms with Crippen molar-refractivity contribution in [3.8, 4) is 0 Å². The average Bonchev–Trinajstić information content (AvgIpc) is 2.41. The first kappa shape index (κ1) is 17.6. The van der Waals surface area contributed by atoms with Gasteiger partial charge in [-0.1, -0.05) is 36.2 Å². The summed E-state index contributed by atoms with van der Waals surface area (Å²) >= 11 is 11.9. The Morgan fingerprint density at radius 3 is 2.60 bits per heavy atom. The minimum atomic E-state index is -2.43. The summed E-state index contributed by atoms with van der Waals surface area (Å²) in [4.78, 5) is 0. The van der Waals surface area contributed by atoms with Crippen molar-refractivity contribution in [3.05, 3.63) is 33.8 Å². The lowest BCUT2D eigenvalue weighted by Gasteiger charge is -2.19. The number of benzene rings is 1. The van der Waals surface area contributed by atoms with Gasteiger partial charge in [-0.05, 0) is 37.1 Å². The monoisotopic (exact) mass is 325 g/mol. The third kappa shape index (κ3) is 6.35. The SMILES string of the molecule is CCCNC(CCOCC(F)F)c1ccc(Cl)c(Cl)c1. The zero-order chi connectivity index (χ0) is 15.0. The minimum Gasteiger partial charge on any atom is -0.375 e. The van der Waals surface area contributed by atoms with E-state index in [1.807, 2.05) is 6.07 Å². The first-order valence-electron chi connectivity index (χ1n) is 6.58. The maximum atomic E-state index is 12.0. The Balaban J connectivity index is 2.60.